The van der Waals surface area contributed by atoms with Gasteiger partial charge in [0.1, 0.15) is 0 Å². The summed E-state index contributed by atoms with van der Waals surface area (Å²) in [5, 5.41) is 17.6. The Morgan fingerprint density at radius 1 is 0.152 bits per heavy atom. The topological polar surface area (TPSA) is 0 Å². The van der Waals surface area contributed by atoms with Gasteiger partial charge in [0.25, 0.3) is 0 Å². The van der Waals surface area contributed by atoms with Gasteiger partial charge >= 0.3 is 0 Å². The first-order valence-electron chi connectivity index (χ1n) is 26.5. The standard InChI is InChI=1S/C50H32.C16H11Br.C10H6Br2/c1-2-10-33(11-3-1)38-20-21-40-29-41(23-22-39(40)28-38)42-26-27-47-48(32-42)50(44-25-19-35-13-5-7-15-37(35)31-44)46-17-9-8-16-45(46)49(47)43-24-18-34-12-4-6-14-36(34)30-43;17-16-9-8-14-10-13(6-7-15(14)11-16)12-4-2-1-3-5-12;11-9-3-1-7-5-10(12)4-2-8(7)6-9/h1-32H;1-11H;1-6H. The highest BCUT2D eigenvalue weighted by Gasteiger charge is 2.19. The van der Waals surface area contributed by atoms with Gasteiger partial charge in [-0.3, -0.25) is 0 Å². The summed E-state index contributed by atoms with van der Waals surface area (Å²) in [4.78, 5) is 0. The normalized spacial score (nSPS) is 11.2. The summed E-state index contributed by atoms with van der Waals surface area (Å²) >= 11 is 10.4. The predicted octanol–water partition coefficient (Wildman–Crippen LogP) is 23.8. The van der Waals surface area contributed by atoms with Crippen LogP contribution in [0.25, 0.3) is 131 Å². The van der Waals surface area contributed by atoms with Crippen molar-refractivity contribution in [2.45, 2.75) is 0 Å². The maximum absolute atomic E-state index is 3.50. The van der Waals surface area contributed by atoms with Gasteiger partial charge in [-0.1, -0.05) is 272 Å². The van der Waals surface area contributed by atoms with Crippen LogP contribution in [-0.2, 0) is 0 Å². The highest BCUT2D eigenvalue weighted by atomic mass is 79.9. The van der Waals surface area contributed by atoms with Gasteiger partial charge in [-0.25, -0.2) is 0 Å². The SMILES string of the molecule is Brc1ccc2cc(-c3ccccc3)ccc2c1.Brc1ccc2cc(Br)ccc2c1.c1ccc(-c2ccc3cc(-c4ccc5c(-c6ccc7ccccc7c6)c6ccccc6c(-c6ccc7ccccc7c6)c5c4)ccc3c2)cc1. The van der Waals surface area contributed by atoms with Crippen molar-refractivity contribution in [2.24, 2.45) is 0 Å². The fourth-order valence-corrected chi connectivity index (χ4v) is 12.3. The minimum Gasteiger partial charge on any atom is -0.0622 e. The monoisotopic (exact) mass is 1200 g/mol. The number of halogens is 3. The van der Waals surface area contributed by atoms with E-state index in [2.05, 4.69) is 339 Å². The lowest BCUT2D eigenvalue weighted by atomic mass is 9.84. The van der Waals surface area contributed by atoms with Crippen LogP contribution in [0, 0.1) is 0 Å². The van der Waals surface area contributed by atoms with Crippen molar-refractivity contribution < 1.29 is 0 Å². The quantitative estimate of drug-likeness (QED) is 0.151. The smallest absolute Gasteiger partial charge is 0.0181 e. The van der Waals surface area contributed by atoms with Gasteiger partial charge < -0.3 is 0 Å². The number of rotatable bonds is 5. The number of fused-ring (bicyclic) bond motifs is 7. The second-order valence-corrected chi connectivity index (χ2v) is 22.8. The van der Waals surface area contributed by atoms with E-state index in [0.29, 0.717) is 0 Å². The molecule has 79 heavy (non-hydrogen) atoms. The first kappa shape index (κ1) is 50.1. The van der Waals surface area contributed by atoms with Crippen LogP contribution in [0.5, 0.6) is 0 Å². The third-order valence-electron chi connectivity index (χ3n) is 15.1. The molecular weight excluding hydrogens is 1150 g/mol. The van der Waals surface area contributed by atoms with Gasteiger partial charge in [0.15, 0.2) is 0 Å². The predicted molar refractivity (Wildman–Crippen MR) is 352 cm³/mol. The van der Waals surface area contributed by atoms with Crippen molar-refractivity contribution in [1.29, 1.82) is 0 Å². The molecule has 0 aliphatic heterocycles. The largest absolute Gasteiger partial charge is 0.0622 e. The van der Waals surface area contributed by atoms with Crippen molar-refractivity contribution in [2.75, 3.05) is 0 Å². The Morgan fingerprint density at radius 3 is 0.861 bits per heavy atom. The van der Waals surface area contributed by atoms with Crippen LogP contribution >= 0.6 is 47.8 Å². The summed E-state index contributed by atoms with van der Waals surface area (Å²) in [6.45, 7) is 0. The van der Waals surface area contributed by atoms with Crippen LogP contribution < -0.4 is 0 Å². The maximum atomic E-state index is 3.50. The van der Waals surface area contributed by atoms with Gasteiger partial charge in [-0.15, -0.1) is 0 Å². The third kappa shape index (κ3) is 10.5. The molecule has 0 heterocycles. The molecular formula is C76H49Br3. The molecule has 0 fully saturated rings. The molecule has 0 spiro atoms. The molecule has 0 N–H and O–H groups in total. The fraction of sp³-hybridized carbons (Fsp3) is 0. The van der Waals surface area contributed by atoms with Crippen molar-refractivity contribution >= 4 is 123 Å². The first-order chi connectivity index (χ1) is 38.8. The Hall–Kier alpha value is -8.44. The van der Waals surface area contributed by atoms with Gasteiger partial charge in [0.2, 0.25) is 0 Å². The molecule has 15 aromatic carbocycles. The van der Waals surface area contributed by atoms with Crippen LogP contribution in [0.15, 0.2) is 311 Å². The minimum absolute atomic E-state index is 1.12. The Morgan fingerprint density at radius 2 is 0.418 bits per heavy atom. The molecule has 0 bridgehead atoms. The molecule has 15 aromatic rings. The molecule has 0 unspecified atom stereocenters. The van der Waals surface area contributed by atoms with Gasteiger partial charge in [-0.2, -0.15) is 0 Å². The molecule has 0 saturated heterocycles. The van der Waals surface area contributed by atoms with E-state index in [9.17, 15) is 0 Å². The number of benzene rings is 15. The van der Waals surface area contributed by atoms with Crippen LogP contribution in [0.2, 0.25) is 0 Å². The summed E-state index contributed by atoms with van der Waals surface area (Å²) in [7, 11) is 0. The van der Waals surface area contributed by atoms with E-state index in [1.165, 1.54) is 131 Å². The zero-order valence-corrected chi connectivity index (χ0v) is 47.7. The molecule has 0 aliphatic rings. The van der Waals surface area contributed by atoms with Crippen LogP contribution in [0.3, 0.4) is 0 Å². The van der Waals surface area contributed by atoms with E-state index >= 15 is 0 Å². The molecule has 0 saturated carbocycles. The molecule has 0 atom stereocenters. The highest BCUT2D eigenvalue weighted by molar-refractivity contribution is 9.11. The molecule has 15 rings (SSSR count). The lowest BCUT2D eigenvalue weighted by Gasteiger charge is -2.19. The molecule has 0 aromatic heterocycles. The Kier molecular flexibility index (Phi) is 14.0. The van der Waals surface area contributed by atoms with E-state index in [4.69, 9.17) is 0 Å². The summed E-state index contributed by atoms with van der Waals surface area (Å²) in [5.74, 6) is 0. The molecule has 0 radical (unpaired) electrons. The van der Waals surface area contributed by atoms with Gasteiger partial charge in [0, 0.05) is 13.4 Å². The minimum atomic E-state index is 1.12. The average molecular weight is 1200 g/mol. The van der Waals surface area contributed by atoms with Crippen molar-refractivity contribution in [3.63, 3.8) is 0 Å². The third-order valence-corrected chi connectivity index (χ3v) is 16.5. The van der Waals surface area contributed by atoms with Gasteiger partial charge in [0.05, 0.1) is 0 Å². The number of hydrogen-bond donors (Lipinski definition) is 0. The lowest BCUT2D eigenvalue weighted by Crippen LogP contribution is -1.92. The van der Waals surface area contributed by atoms with Gasteiger partial charge in [-0.05, 0) is 204 Å². The summed E-state index contributed by atoms with van der Waals surface area (Å²) in [6.07, 6.45) is 0. The number of hydrogen-bond acceptors (Lipinski definition) is 0. The zero-order chi connectivity index (χ0) is 53.2. The van der Waals surface area contributed by atoms with Crippen molar-refractivity contribution in [3.8, 4) is 55.6 Å². The van der Waals surface area contributed by atoms with Crippen LogP contribution in [-0.4, -0.2) is 0 Å². The molecule has 0 amide bonds. The van der Waals surface area contributed by atoms with E-state index in [-0.39, 0.29) is 0 Å². The van der Waals surface area contributed by atoms with Crippen molar-refractivity contribution in [1.82, 2.24) is 0 Å². The maximum Gasteiger partial charge on any atom is 0.0181 e. The van der Waals surface area contributed by atoms with E-state index in [0.717, 1.165) is 13.4 Å². The molecule has 0 nitrogen and oxygen atoms in total. The second kappa shape index (κ2) is 22.1. The second-order valence-electron chi connectivity index (χ2n) is 20.0. The lowest BCUT2D eigenvalue weighted by molar-refractivity contribution is 1.63. The molecule has 0 aliphatic carbocycles. The van der Waals surface area contributed by atoms with E-state index in [1.54, 1.807) is 0 Å². The summed E-state index contributed by atoms with van der Waals surface area (Å²) < 4.78 is 3.37. The summed E-state index contributed by atoms with van der Waals surface area (Å²) in [5.41, 5.74) is 12.5. The van der Waals surface area contributed by atoms with Crippen molar-refractivity contribution in [3.05, 3.63) is 311 Å². The average Bonchev–Trinajstić information content (AvgIpc) is 3.55. The Labute approximate surface area is 485 Å². The van der Waals surface area contributed by atoms with E-state index < -0.39 is 0 Å². The Balaban J connectivity index is 0.000000165. The molecule has 374 valence electrons. The van der Waals surface area contributed by atoms with Crippen LogP contribution in [0.1, 0.15) is 0 Å². The first-order valence-corrected chi connectivity index (χ1v) is 28.9. The fourth-order valence-electron chi connectivity index (χ4n) is 11.1. The zero-order valence-electron chi connectivity index (χ0n) is 42.9. The Bertz CT molecular complexity index is 4710. The molecule has 3 heteroatoms. The summed E-state index contributed by atoms with van der Waals surface area (Å²) in [6, 6.07) is 107. The van der Waals surface area contributed by atoms with E-state index in [1.807, 2.05) is 6.07 Å². The van der Waals surface area contributed by atoms with Crippen LogP contribution in [0.4, 0.5) is 0 Å². The highest BCUT2D eigenvalue weighted by Crippen LogP contribution is 2.46.